The Kier molecular flexibility index (Phi) is 8.66. The number of hydrogen-bond donors (Lipinski definition) is 1. The zero-order valence-electron chi connectivity index (χ0n) is 17.1. The van der Waals surface area contributed by atoms with Gasteiger partial charge in [0.25, 0.3) is 5.91 Å². The van der Waals surface area contributed by atoms with E-state index < -0.39 is 10.0 Å². The van der Waals surface area contributed by atoms with Crippen molar-refractivity contribution in [2.24, 2.45) is 0 Å². The molecule has 0 aliphatic carbocycles. The van der Waals surface area contributed by atoms with Crippen LogP contribution in [-0.2, 0) is 20.5 Å². The molecule has 168 valence electrons. The van der Waals surface area contributed by atoms with Gasteiger partial charge in [-0.25, -0.2) is 8.42 Å². The lowest BCUT2D eigenvalue weighted by Crippen LogP contribution is -2.40. The van der Waals surface area contributed by atoms with Crippen LogP contribution in [0.4, 0.5) is 0 Å². The van der Waals surface area contributed by atoms with Crippen LogP contribution < -0.4 is 5.32 Å². The van der Waals surface area contributed by atoms with E-state index in [4.69, 9.17) is 27.9 Å². The second kappa shape index (κ2) is 11.0. The number of hydrogen-bond acceptors (Lipinski definition) is 5. The fraction of sp³-hybridized carbons (Fsp3) is 0.381. The number of carbonyl (C=O) groups is 1. The number of rotatable bonds is 8. The highest BCUT2D eigenvalue weighted by Gasteiger charge is 2.27. The highest BCUT2D eigenvalue weighted by molar-refractivity contribution is 7.98. The quantitative estimate of drug-likeness (QED) is 0.552. The summed E-state index contributed by atoms with van der Waals surface area (Å²) < 4.78 is 32.4. The molecule has 3 rings (SSSR count). The van der Waals surface area contributed by atoms with E-state index in [0.29, 0.717) is 54.2 Å². The van der Waals surface area contributed by atoms with Crippen molar-refractivity contribution < 1.29 is 17.9 Å². The van der Waals surface area contributed by atoms with E-state index in [0.717, 1.165) is 16.9 Å². The Bertz CT molecular complexity index is 1040. The molecule has 0 radical (unpaired) electrons. The molecule has 0 saturated carbocycles. The molecule has 31 heavy (non-hydrogen) atoms. The average molecular weight is 503 g/mol. The Labute approximate surface area is 197 Å². The van der Waals surface area contributed by atoms with Crippen molar-refractivity contribution in [2.75, 3.05) is 38.6 Å². The van der Waals surface area contributed by atoms with Gasteiger partial charge in [0.05, 0.1) is 28.2 Å². The molecular weight excluding hydrogens is 479 g/mol. The zero-order chi connectivity index (χ0) is 22.4. The molecule has 1 N–H and O–H groups in total. The minimum Gasteiger partial charge on any atom is -0.379 e. The number of carbonyl (C=O) groups excluding carboxylic acids is 1. The van der Waals surface area contributed by atoms with E-state index in [1.807, 2.05) is 12.1 Å². The molecule has 1 aliphatic heterocycles. The standard InChI is InChI=1S/C21H24Cl2N2O4S2/c1-15-2-4-17(31(27,28)25-7-9-29-10-8-25)13-18(15)21(26)24-6-11-30-14-16-3-5-19(22)20(23)12-16/h2-5,12-13H,6-11,14H2,1H3,(H,24,26). The number of sulfonamides is 1. The van der Waals surface area contributed by atoms with Crippen molar-refractivity contribution in [1.82, 2.24) is 9.62 Å². The molecule has 1 heterocycles. The van der Waals surface area contributed by atoms with Gasteiger partial charge in [0.1, 0.15) is 0 Å². The lowest BCUT2D eigenvalue weighted by molar-refractivity contribution is 0.0730. The zero-order valence-corrected chi connectivity index (χ0v) is 20.2. The fourth-order valence-electron chi connectivity index (χ4n) is 3.09. The lowest BCUT2D eigenvalue weighted by Gasteiger charge is -2.26. The number of morpholine rings is 1. The van der Waals surface area contributed by atoms with Gasteiger partial charge in [0, 0.05) is 36.7 Å². The van der Waals surface area contributed by atoms with E-state index in [9.17, 15) is 13.2 Å². The molecule has 2 aromatic rings. The molecule has 1 amide bonds. The largest absolute Gasteiger partial charge is 0.379 e. The van der Waals surface area contributed by atoms with E-state index in [-0.39, 0.29) is 10.8 Å². The van der Waals surface area contributed by atoms with Gasteiger partial charge in [0.2, 0.25) is 10.0 Å². The number of halogens is 2. The van der Waals surface area contributed by atoms with Crippen molar-refractivity contribution in [3.63, 3.8) is 0 Å². The minimum absolute atomic E-state index is 0.124. The first-order valence-electron chi connectivity index (χ1n) is 9.77. The van der Waals surface area contributed by atoms with Crippen LogP contribution in [0.2, 0.25) is 10.0 Å². The summed E-state index contributed by atoms with van der Waals surface area (Å²) in [6, 6.07) is 10.2. The number of amides is 1. The Hall–Kier alpha value is -1.29. The minimum atomic E-state index is -3.65. The van der Waals surface area contributed by atoms with Crippen LogP contribution in [0.25, 0.3) is 0 Å². The summed E-state index contributed by atoms with van der Waals surface area (Å²) in [6.45, 7) is 3.63. The van der Waals surface area contributed by atoms with Crippen LogP contribution in [0.15, 0.2) is 41.3 Å². The summed E-state index contributed by atoms with van der Waals surface area (Å²) >= 11 is 13.6. The summed E-state index contributed by atoms with van der Waals surface area (Å²) in [7, 11) is -3.65. The van der Waals surface area contributed by atoms with Crippen molar-refractivity contribution in [1.29, 1.82) is 0 Å². The van der Waals surface area contributed by atoms with Gasteiger partial charge in [-0.3, -0.25) is 4.79 Å². The van der Waals surface area contributed by atoms with Gasteiger partial charge in [0.15, 0.2) is 0 Å². The van der Waals surface area contributed by atoms with Gasteiger partial charge >= 0.3 is 0 Å². The first-order valence-corrected chi connectivity index (χ1v) is 13.1. The molecule has 0 aromatic heterocycles. The number of nitrogens with zero attached hydrogens (tertiary/aromatic N) is 1. The molecule has 1 fully saturated rings. The molecule has 6 nitrogen and oxygen atoms in total. The van der Waals surface area contributed by atoms with E-state index in [2.05, 4.69) is 5.32 Å². The molecule has 0 spiro atoms. The van der Waals surface area contributed by atoms with Crippen molar-refractivity contribution in [3.05, 3.63) is 63.1 Å². The van der Waals surface area contributed by atoms with E-state index in [1.54, 1.807) is 36.9 Å². The van der Waals surface area contributed by atoms with Crippen molar-refractivity contribution in [2.45, 2.75) is 17.6 Å². The topological polar surface area (TPSA) is 75.7 Å². The molecule has 10 heteroatoms. The monoisotopic (exact) mass is 502 g/mol. The predicted molar refractivity (Wildman–Crippen MR) is 126 cm³/mol. The SMILES string of the molecule is Cc1ccc(S(=O)(=O)N2CCOCC2)cc1C(=O)NCCSCc1ccc(Cl)c(Cl)c1. The Morgan fingerprint density at radius 1 is 1.13 bits per heavy atom. The molecule has 2 aromatic carbocycles. The normalized spacial score (nSPS) is 15.1. The highest BCUT2D eigenvalue weighted by Crippen LogP contribution is 2.25. The lowest BCUT2D eigenvalue weighted by atomic mass is 10.1. The Balaban J connectivity index is 1.56. The van der Waals surface area contributed by atoms with E-state index >= 15 is 0 Å². The van der Waals surface area contributed by atoms with Crippen LogP contribution >= 0.6 is 35.0 Å². The second-order valence-corrected chi connectivity index (χ2v) is 10.9. The molecule has 0 bridgehead atoms. The first kappa shape index (κ1) is 24.4. The van der Waals surface area contributed by atoms with Crippen LogP contribution in [0.1, 0.15) is 21.5 Å². The number of ether oxygens (including phenoxy) is 1. The third kappa shape index (κ3) is 6.37. The molecule has 1 saturated heterocycles. The van der Waals surface area contributed by atoms with Crippen LogP contribution in [0.3, 0.4) is 0 Å². The van der Waals surface area contributed by atoms with Gasteiger partial charge in [-0.2, -0.15) is 16.1 Å². The van der Waals surface area contributed by atoms with Crippen molar-refractivity contribution in [3.8, 4) is 0 Å². The van der Waals surface area contributed by atoms with Gasteiger partial charge < -0.3 is 10.1 Å². The summed E-state index contributed by atoms with van der Waals surface area (Å²) in [6.07, 6.45) is 0. The van der Waals surface area contributed by atoms with Crippen molar-refractivity contribution >= 4 is 50.9 Å². The third-order valence-electron chi connectivity index (χ3n) is 4.85. The highest BCUT2D eigenvalue weighted by atomic mass is 35.5. The maximum atomic E-state index is 12.9. The van der Waals surface area contributed by atoms with Gasteiger partial charge in [-0.15, -0.1) is 0 Å². The second-order valence-electron chi connectivity index (χ2n) is 7.05. The maximum absolute atomic E-state index is 12.9. The summed E-state index contributed by atoms with van der Waals surface area (Å²) in [4.78, 5) is 12.8. The first-order chi connectivity index (χ1) is 14.8. The Morgan fingerprint density at radius 2 is 1.87 bits per heavy atom. The van der Waals surface area contributed by atoms with Gasteiger partial charge in [-0.1, -0.05) is 35.3 Å². The van der Waals surface area contributed by atoms with Crippen LogP contribution in [-0.4, -0.2) is 57.2 Å². The fourth-order valence-corrected chi connectivity index (χ4v) is 5.66. The maximum Gasteiger partial charge on any atom is 0.251 e. The smallest absolute Gasteiger partial charge is 0.251 e. The average Bonchev–Trinajstić information content (AvgIpc) is 2.76. The third-order valence-corrected chi connectivity index (χ3v) is 8.51. The summed E-state index contributed by atoms with van der Waals surface area (Å²) in [5.41, 5.74) is 2.15. The van der Waals surface area contributed by atoms with E-state index in [1.165, 1.54) is 10.4 Å². The Morgan fingerprint density at radius 3 is 2.58 bits per heavy atom. The molecule has 0 atom stereocenters. The number of benzene rings is 2. The predicted octanol–water partition coefficient (Wildman–Crippen LogP) is 3.99. The summed E-state index contributed by atoms with van der Waals surface area (Å²) in [5, 5.41) is 3.92. The molecule has 1 aliphatic rings. The molecular formula is C21H24Cl2N2O4S2. The number of nitrogens with one attached hydrogen (secondary N) is 1. The van der Waals surface area contributed by atoms with Crippen LogP contribution in [0.5, 0.6) is 0 Å². The molecule has 0 unspecified atom stereocenters. The number of aryl methyl sites for hydroxylation is 1. The summed E-state index contributed by atoms with van der Waals surface area (Å²) in [5.74, 6) is 1.17. The van der Waals surface area contributed by atoms with Gasteiger partial charge in [-0.05, 0) is 42.3 Å². The number of thioether (sulfide) groups is 1. The van der Waals surface area contributed by atoms with Crippen LogP contribution in [0, 0.1) is 6.92 Å².